The predicted molar refractivity (Wildman–Crippen MR) is 372 cm³/mol. The van der Waals surface area contributed by atoms with Crippen molar-refractivity contribution in [1.29, 1.82) is 0 Å². The van der Waals surface area contributed by atoms with E-state index in [1.165, 1.54) is 0 Å². The van der Waals surface area contributed by atoms with Crippen molar-refractivity contribution in [3.63, 3.8) is 0 Å². The number of hydrogen-bond acceptors (Lipinski definition) is 14. The number of carboxylic acids is 4. The van der Waals surface area contributed by atoms with E-state index < -0.39 is 68.2 Å². The number of aliphatic imine (C=N–C) groups is 8. The van der Waals surface area contributed by atoms with E-state index in [4.69, 9.17) is 20.0 Å². The average Bonchev–Trinajstić information content (AvgIpc) is 4.12. The molecule has 16 nitrogen and oxygen atoms in total. The molecule has 0 unspecified atom stereocenters. The molecule has 0 aliphatic carbocycles. The number of aliphatic carboxylic acids is 4. The Hall–Kier alpha value is -3.28. The Labute approximate surface area is 578 Å². The van der Waals surface area contributed by atoms with E-state index in [-0.39, 0.29) is 88.8 Å². The van der Waals surface area contributed by atoms with Crippen molar-refractivity contribution in [3.8, 4) is 0 Å². The largest absolute Gasteiger partial charge is 2.00 e. The molecule has 2 N–H and O–H groups in total. The molecule has 0 saturated carbocycles. The first-order valence-electron chi connectivity index (χ1n) is 32.5. The van der Waals surface area contributed by atoms with Crippen molar-refractivity contribution in [1.82, 2.24) is 0 Å². The Morgan fingerprint density at radius 2 is 0.393 bits per heavy atom. The van der Waals surface area contributed by atoms with Crippen LogP contribution in [0.25, 0.3) is 0 Å². The fraction of sp³-hybridized carbons (Fsp3) is 0.833. The Kier molecular flexibility index (Phi) is 27.3. The summed E-state index contributed by atoms with van der Waals surface area (Å²) in [6.45, 7) is 73.1. The molecule has 0 saturated heterocycles. The van der Waals surface area contributed by atoms with Gasteiger partial charge in [0.2, 0.25) is 0 Å². The van der Waals surface area contributed by atoms with Gasteiger partial charge in [0.25, 0.3) is 11.3 Å². The average molecular weight is 1320 g/mol. The van der Waals surface area contributed by atoms with Gasteiger partial charge in [-0.3, -0.25) is 20.0 Å². The number of carbonyl (C=O) groups excluding carboxylic acids is 2. The van der Waals surface area contributed by atoms with Gasteiger partial charge in [0.05, 0.1) is 57.6 Å². The van der Waals surface area contributed by atoms with Crippen LogP contribution in [0.2, 0.25) is 0 Å². The second-order valence-electron chi connectivity index (χ2n) is 36.1. The molecule has 17 heteroatoms. The van der Waals surface area contributed by atoms with Crippen LogP contribution < -0.4 is 10.2 Å². The third-order valence-corrected chi connectivity index (χ3v) is 17.2. The number of rotatable bonds is 16. The molecule has 0 amide bonds. The van der Waals surface area contributed by atoms with Crippen molar-refractivity contribution in [2.75, 3.05) is 0 Å². The maximum Gasteiger partial charge on any atom is 2.00 e. The fourth-order valence-electron chi connectivity index (χ4n) is 11.9. The Bertz CT molecular complexity index is 2330. The van der Waals surface area contributed by atoms with Gasteiger partial charge in [-0.15, -0.1) is 0 Å². The zero-order valence-corrected chi connectivity index (χ0v) is 66.8. The van der Waals surface area contributed by atoms with E-state index in [1.807, 2.05) is 152 Å². The molecular formula is C72H126N8O8Sr. The summed E-state index contributed by atoms with van der Waals surface area (Å²) in [4.78, 5) is 86.2. The van der Waals surface area contributed by atoms with Gasteiger partial charge < -0.3 is 30.0 Å². The zero-order chi connectivity index (χ0) is 70.2. The zero-order valence-electron chi connectivity index (χ0n) is 63.3. The summed E-state index contributed by atoms with van der Waals surface area (Å²) in [6, 6.07) is 0. The van der Waals surface area contributed by atoms with Crippen molar-refractivity contribution < 1.29 is 39.6 Å². The molecule has 89 heavy (non-hydrogen) atoms. The first kappa shape index (κ1) is 85.7. The maximum absolute atomic E-state index is 12.2. The van der Waals surface area contributed by atoms with Crippen LogP contribution in [0.5, 0.6) is 0 Å². The minimum Gasteiger partial charge on any atom is -0.545 e. The van der Waals surface area contributed by atoms with Crippen LogP contribution in [0.3, 0.4) is 0 Å². The maximum atomic E-state index is 12.2. The normalized spacial score (nSPS) is 18.7. The van der Waals surface area contributed by atoms with E-state index in [9.17, 15) is 39.6 Å². The molecule has 0 atom stereocenters. The smallest absolute Gasteiger partial charge is 0.545 e. The molecule has 0 fully saturated rings. The molecule has 0 aromatic heterocycles. The molecule has 0 spiro atoms. The van der Waals surface area contributed by atoms with Crippen LogP contribution in [-0.4, -0.2) is 148 Å². The van der Waals surface area contributed by atoms with Crippen LogP contribution in [0.1, 0.15) is 301 Å². The van der Waals surface area contributed by atoms with E-state index in [2.05, 4.69) is 117 Å². The molecule has 4 aliphatic heterocycles. The summed E-state index contributed by atoms with van der Waals surface area (Å²) in [5.41, 5.74) is -3.62. The minimum atomic E-state index is -1.52. The summed E-state index contributed by atoms with van der Waals surface area (Å²) in [5.74, 6) is -4.31. The second kappa shape index (κ2) is 28.4. The number of carboxylic acid groups (broad SMARTS) is 4. The first-order chi connectivity index (χ1) is 38.8. The number of carbonyl (C=O) groups is 4. The van der Waals surface area contributed by atoms with Crippen LogP contribution in [0, 0.1) is 65.0 Å². The van der Waals surface area contributed by atoms with Crippen molar-refractivity contribution >= 4 is 115 Å². The van der Waals surface area contributed by atoms with E-state index in [0.717, 1.165) is 97.1 Å². The molecule has 4 rings (SSSR count). The van der Waals surface area contributed by atoms with Gasteiger partial charge in [0.1, 0.15) is 0 Å². The van der Waals surface area contributed by atoms with Gasteiger partial charge in [-0.2, -0.15) is 0 Å². The van der Waals surface area contributed by atoms with Gasteiger partial charge in [-0.1, -0.05) is 275 Å². The van der Waals surface area contributed by atoms with Gasteiger partial charge in [-0.05, 0) is 25.7 Å². The monoisotopic (exact) mass is 1320 g/mol. The van der Waals surface area contributed by atoms with E-state index in [1.54, 1.807) is 0 Å². The third-order valence-electron chi connectivity index (χ3n) is 17.2. The molecule has 0 aromatic rings. The van der Waals surface area contributed by atoms with Gasteiger partial charge in [-0.25, -0.2) is 29.6 Å². The van der Waals surface area contributed by atoms with E-state index >= 15 is 0 Å². The quantitative estimate of drug-likeness (QED) is 0.140. The van der Waals surface area contributed by atoms with Gasteiger partial charge >= 0.3 is 57.4 Å². The van der Waals surface area contributed by atoms with Crippen LogP contribution in [-0.2, 0) is 19.2 Å². The summed E-state index contributed by atoms with van der Waals surface area (Å²) >= 11 is 0. The molecule has 4 aliphatic rings. The summed E-state index contributed by atoms with van der Waals surface area (Å²) in [6.07, 6.45) is 6.55. The second-order valence-corrected chi connectivity index (χ2v) is 36.1. The van der Waals surface area contributed by atoms with E-state index in [0.29, 0.717) is 0 Å². The Morgan fingerprint density at radius 1 is 0.281 bits per heavy atom. The third kappa shape index (κ3) is 18.6. The number of nitrogens with zero attached hydrogens (tertiary/aromatic N) is 8. The van der Waals surface area contributed by atoms with Crippen LogP contribution >= 0.6 is 0 Å². The molecule has 0 aromatic carbocycles. The molecule has 0 radical (unpaired) electrons. The molecular weight excluding hydrogens is 1190 g/mol. The Balaban J connectivity index is 0.00000116. The topological polar surface area (TPSA) is 254 Å². The molecule has 0 bridgehead atoms. The molecule has 504 valence electrons. The predicted octanol–water partition coefficient (Wildman–Crippen LogP) is 15.3. The SMILES string of the molecule is CCCC(C)(C)C1(C(=O)O)N=C(C(C)(C)C)C(C(C)(C)C)=N1.CCCC(C)(C)C1(C(=O)O)N=C(C(C)(C)C)C(C(C)(C)C)=N1.CCCC(C)(C)C1(C(=O)[O-])N=C(C(C)(C)C)C(C(C)(C)C)=N1.CCCC(C)(C)C1(C(=O)[O-])N=C(C(C)(C)C)C(C(C)(C)C)=N1.[Sr+2]. The molecule has 4 heterocycles. The first-order valence-corrected chi connectivity index (χ1v) is 32.5. The van der Waals surface area contributed by atoms with Crippen LogP contribution in [0.4, 0.5) is 0 Å². The standard InChI is InChI=1S/4C18H32N2O2.Sr/c4*1-10-11-17(8,9)18(14(21)22)19-12(15(2,3)4)13(20-18)16(5,6)7;/h4*10-11H2,1-9H3,(H,21,22);/q;;;;+2/p-2. The van der Waals surface area contributed by atoms with Crippen molar-refractivity contribution in [3.05, 3.63) is 0 Å². The summed E-state index contributed by atoms with van der Waals surface area (Å²) in [5, 5.41) is 44.1. The fourth-order valence-corrected chi connectivity index (χ4v) is 11.9. The Morgan fingerprint density at radius 3 is 0.483 bits per heavy atom. The van der Waals surface area contributed by atoms with Gasteiger partial charge in [0, 0.05) is 65.0 Å². The summed E-state index contributed by atoms with van der Waals surface area (Å²) in [7, 11) is 0. The van der Waals surface area contributed by atoms with Gasteiger partial charge in [0.15, 0.2) is 11.3 Å². The van der Waals surface area contributed by atoms with Crippen molar-refractivity contribution in [2.45, 2.75) is 323 Å². The minimum absolute atomic E-state index is 0. The van der Waals surface area contributed by atoms with Crippen molar-refractivity contribution in [2.24, 2.45) is 105 Å². The van der Waals surface area contributed by atoms with Crippen LogP contribution in [0.15, 0.2) is 39.9 Å². The number of hydrogen-bond donors (Lipinski definition) is 2. The summed E-state index contributed by atoms with van der Waals surface area (Å²) < 4.78 is 0.